The Morgan fingerprint density at radius 1 is 0.867 bits per heavy atom. The van der Waals surface area contributed by atoms with E-state index in [1.165, 1.54) is 33.4 Å². The molecule has 3 aromatic rings. The molecule has 0 aliphatic heterocycles. The molecule has 30 heavy (non-hydrogen) atoms. The molecule has 0 aliphatic rings. The van der Waals surface area contributed by atoms with E-state index in [0.29, 0.717) is 25.2 Å². The van der Waals surface area contributed by atoms with Crippen molar-refractivity contribution < 1.29 is 9.90 Å². The molecule has 0 aliphatic carbocycles. The maximum Gasteiger partial charge on any atom is 0.337 e. The van der Waals surface area contributed by atoms with Gasteiger partial charge >= 0.3 is 5.97 Å². The number of carboxylic acids is 1. The zero-order chi connectivity index (χ0) is 22.0. The standard InChI is InChI=1S/C26H32N2O2/c1-16-8-7-9-22(12-16)13-27-14-23-20(5)28(21(6)25(23)26(29)30)15-24-18(3)10-17(2)11-19(24)4/h7-12,27H,13-15H2,1-6H3,(H,29,30). The van der Waals surface area contributed by atoms with Crippen molar-refractivity contribution in [3.8, 4) is 0 Å². The molecule has 0 radical (unpaired) electrons. The lowest BCUT2D eigenvalue weighted by molar-refractivity contribution is 0.0694. The van der Waals surface area contributed by atoms with Crippen molar-refractivity contribution in [2.75, 3.05) is 0 Å². The molecule has 0 bridgehead atoms. The van der Waals surface area contributed by atoms with Crippen molar-refractivity contribution in [1.82, 2.24) is 9.88 Å². The number of nitrogens with one attached hydrogen (secondary N) is 1. The summed E-state index contributed by atoms with van der Waals surface area (Å²) >= 11 is 0. The first-order valence-corrected chi connectivity index (χ1v) is 10.4. The van der Waals surface area contributed by atoms with Gasteiger partial charge in [0.15, 0.2) is 0 Å². The van der Waals surface area contributed by atoms with Crippen LogP contribution in [0.3, 0.4) is 0 Å². The number of rotatable bonds is 7. The SMILES string of the molecule is Cc1cccc(CNCc2c(C(=O)O)c(C)n(Cc3c(C)cc(C)cc3C)c2C)c1. The van der Waals surface area contributed by atoms with Crippen molar-refractivity contribution in [2.24, 2.45) is 0 Å². The van der Waals surface area contributed by atoms with Crippen LogP contribution >= 0.6 is 0 Å². The summed E-state index contributed by atoms with van der Waals surface area (Å²) in [7, 11) is 0. The molecule has 2 N–H and O–H groups in total. The number of hydrogen-bond acceptors (Lipinski definition) is 2. The molecule has 0 atom stereocenters. The van der Waals surface area contributed by atoms with E-state index in [9.17, 15) is 9.90 Å². The van der Waals surface area contributed by atoms with E-state index >= 15 is 0 Å². The summed E-state index contributed by atoms with van der Waals surface area (Å²) in [4.78, 5) is 12.1. The average molecular weight is 405 g/mol. The lowest BCUT2D eigenvalue weighted by Gasteiger charge is -2.16. The first kappa shape index (κ1) is 21.8. The second-order valence-electron chi connectivity index (χ2n) is 8.39. The van der Waals surface area contributed by atoms with Crippen LogP contribution in [0.25, 0.3) is 0 Å². The first-order chi connectivity index (χ1) is 14.2. The molecule has 158 valence electrons. The zero-order valence-electron chi connectivity index (χ0n) is 18.9. The third-order valence-electron chi connectivity index (χ3n) is 5.99. The summed E-state index contributed by atoms with van der Waals surface area (Å²) in [6, 6.07) is 12.8. The monoisotopic (exact) mass is 404 g/mol. The van der Waals surface area contributed by atoms with Gasteiger partial charge in [-0.3, -0.25) is 0 Å². The van der Waals surface area contributed by atoms with Crippen LogP contribution in [0, 0.1) is 41.5 Å². The number of aromatic nitrogens is 1. The number of aryl methyl sites for hydroxylation is 4. The molecule has 4 nitrogen and oxygen atoms in total. The fourth-order valence-electron chi connectivity index (χ4n) is 4.46. The molecule has 4 heteroatoms. The lowest BCUT2D eigenvalue weighted by atomic mass is 9.99. The second kappa shape index (κ2) is 8.88. The molecular formula is C26H32N2O2. The molecule has 0 saturated carbocycles. The van der Waals surface area contributed by atoms with Gasteiger partial charge in [0.2, 0.25) is 0 Å². The minimum atomic E-state index is -0.862. The highest BCUT2D eigenvalue weighted by Crippen LogP contribution is 2.26. The van der Waals surface area contributed by atoms with Gasteiger partial charge in [-0.1, -0.05) is 47.5 Å². The number of hydrogen-bond donors (Lipinski definition) is 2. The highest BCUT2D eigenvalue weighted by molar-refractivity contribution is 5.91. The van der Waals surface area contributed by atoms with E-state index in [0.717, 1.165) is 17.0 Å². The Kier molecular flexibility index (Phi) is 6.47. The van der Waals surface area contributed by atoms with E-state index in [2.05, 4.69) is 67.9 Å². The average Bonchev–Trinajstić information content (AvgIpc) is 2.88. The summed E-state index contributed by atoms with van der Waals surface area (Å²) in [6.07, 6.45) is 0. The molecule has 2 aromatic carbocycles. The summed E-state index contributed by atoms with van der Waals surface area (Å²) < 4.78 is 2.15. The maximum absolute atomic E-state index is 12.1. The molecule has 3 rings (SSSR count). The van der Waals surface area contributed by atoms with Gasteiger partial charge in [-0.15, -0.1) is 0 Å². The highest BCUT2D eigenvalue weighted by atomic mass is 16.4. The smallest absolute Gasteiger partial charge is 0.337 e. The molecule has 0 fully saturated rings. The Labute approximate surface area is 179 Å². The summed E-state index contributed by atoms with van der Waals surface area (Å²) in [5.74, 6) is -0.862. The van der Waals surface area contributed by atoms with E-state index in [-0.39, 0.29) is 0 Å². The van der Waals surface area contributed by atoms with Crippen LogP contribution in [0.2, 0.25) is 0 Å². The predicted octanol–water partition coefficient (Wildman–Crippen LogP) is 5.37. The number of benzene rings is 2. The molecule has 0 unspecified atom stereocenters. The lowest BCUT2D eigenvalue weighted by Crippen LogP contribution is -2.15. The highest BCUT2D eigenvalue weighted by Gasteiger charge is 2.23. The van der Waals surface area contributed by atoms with Crippen LogP contribution in [0.15, 0.2) is 36.4 Å². The summed E-state index contributed by atoms with van der Waals surface area (Å²) in [6.45, 7) is 14.3. The fraction of sp³-hybridized carbons (Fsp3) is 0.346. The minimum absolute atomic E-state index is 0.423. The van der Waals surface area contributed by atoms with E-state index < -0.39 is 5.97 Å². The molecular weight excluding hydrogens is 372 g/mol. The summed E-state index contributed by atoms with van der Waals surface area (Å²) in [5.41, 5.74) is 10.6. The van der Waals surface area contributed by atoms with Crippen molar-refractivity contribution >= 4 is 5.97 Å². The number of aromatic carboxylic acids is 1. The third kappa shape index (κ3) is 4.49. The van der Waals surface area contributed by atoms with E-state index in [1.807, 2.05) is 19.9 Å². The normalized spacial score (nSPS) is 11.1. The Balaban J connectivity index is 1.90. The third-order valence-corrected chi connectivity index (χ3v) is 5.99. The van der Waals surface area contributed by atoms with Crippen LogP contribution in [0.1, 0.15) is 60.7 Å². The first-order valence-electron chi connectivity index (χ1n) is 10.4. The van der Waals surface area contributed by atoms with Crippen molar-refractivity contribution in [1.29, 1.82) is 0 Å². The van der Waals surface area contributed by atoms with Gasteiger partial charge in [-0.05, 0) is 63.8 Å². The Hall–Kier alpha value is -2.85. The number of nitrogens with zero attached hydrogens (tertiary/aromatic N) is 1. The molecule has 1 aromatic heterocycles. The quantitative estimate of drug-likeness (QED) is 0.556. The second-order valence-corrected chi connectivity index (χ2v) is 8.39. The Morgan fingerprint density at radius 3 is 2.13 bits per heavy atom. The fourth-order valence-corrected chi connectivity index (χ4v) is 4.46. The van der Waals surface area contributed by atoms with Crippen LogP contribution in [-0.2, 0) is 19.6 Å². The van der Waals surface area contributed by atoms with Gasteiger partial charge in [0, 0.05) is 36.6 Å². The van der Waals surface area contributed by atoms with Crippen LogP contribution in [0.4, 0.5) is 0 Å². The van der Waals surface area contributed by atoms with Crippen LogP contribution < -0.4 is 5.32 Å². The number of carboxylic acid groups (broad SMARTS) is 1. The maximum atomic E-state index is 12.1. The topological polar surface area (TPSA) is 54.3 Å². The molecule has 0 spiro atoms. The van der Waals surface area contributed by atoms with Crippen molar-refractivity contribution in [3.63, 3.8) is 0 Å². The Morgan fingerprint density at radius 2 is 1.53 bits per heavy atom. The largest absolute Gasteiger partial charge is 0.478 e. The predicted molar refractivity (Wildman–Crippen MR) is 122 cm³/mol. The zero-order valence-corrected chi connectivity index (χ0v) is 18.9. The minimum Gasteiger partial charge on any atom is -0.478 e. The van der Waals surface area contributed by atoms with Gasteiger partial charge in [0.1, 0.15) is 0 Å². The molecule has 0 amide bonds. The number of carbonyl (C=O) groups is 1. The van der Waals surface area contributed by atoms with Crippen LogP contribution in [0.5, 0.6) is 0 Å². The van der Waals surface area contributed by atoms with Crippen molar-refractivity contribution in [2.45, 2.75) is 61.2 Å². The van der Waals surface area contributed by atoms with Gasteiger partial charge in [-0.25, -0.2) is 4.79 Å². The summed E-state index contributed by atoms with van der Waals surface area (Å²) in [5, 5.41) is 13.3. The van der Waals surface area contributed by atoms with Crippen LogP contribution in [-0.4, -0.2) is 15.6 Å². The Bertz CT molecular complexity index is 1070. The molecule has 1 heterocycles. The van der Waals surface area contributed by atoms with Crippen molar-refractivity contribution in [3.05, 3.63) is 92.3 Å². The molecule has 0 saturated heterocycles. The van der Waals surface area contributed by atoms with Gasteiger partial charge in [0.05, 0.1) is 5.56 Å². The van der Waals surface area contributed by atoms with Gasteiger partial charge in [0.25, 0.3) is 0 Å². The van der Waals surface area contributed by atoms with Gasteiger partial charge < -0.3 is 15.0 Å². The van der Waals surface area contributed by atoms with E-state index in [4.69, 9.17) is 0 Å². The van der Waals surface area contributed by atoms with Gasteiger partial charge in [-0.2, -0.15) is 0 Å². The van der Waals surface area contributed by atoms with E-state index in [1.54, 1.807) is 0 Å².